The monoisotopic (exact) mass is 279 g/mol. The molecule has 0 atom stereocenters. The molecule has 1 N–H and O–H groups in total. The van der Waals surface area contributed by atoms with Gasteiger partial charge in [0.1, 0.15) is 0 Å². The van der Waals surface area contributed by atoms with Gasteiger partial charge in [-0.2, -0.15) is 0 Å². The third kappa shape index (κ3) is 2.94. The van der Waals surface area contributed by atoms with Crippen molar-refractivity contribution >= 4 is 17.3 Å². The molecule has 0 saturated heterocycles. The summed E-state index contributed by atoms with van der Waals surface area (Å²) in [5, 5.41) is 13.9. The van der Waals surface area contributed by atoms with E-state index in [1.54, 1.807) is 24.1 Å². The average Bonchev–Trinajstić information content (AvgIpc) is 2.87. The first-order valence-electron chi connectivity index (χ1n) is 6.41. The van der Waals surface area contributed by atoms with Crippen LogP contribution in [0.3, 0.4) is 0 Å². The van der Waals surface area contributed by atoms with Gasteiger partial charge >= 0.3 is 0 Å². The Morgan fingerprint density at radius 3 is 3.05 bits per heavy atom. The Balaban J connectivity index is 2.06. The van der Waals surface area contributed by atoms with Crippen LogP contribution < -0.4 is 10.2 Å². The number of nitrogens with one attached hydrogen (secondary N) is 1. The van der Waals surface area contributed by atoms with Gasteiger partial charge in [0, 0.05) is 26.3 Å². The molecule has 0 saturated carbocycles. The molecule has 7 nitrogen and oxygen atoms in total. The maximum Gasteiger partial charge on any atom is 0.274 e. The van der Waals surface area contributed by atoms with Crippen molar-refractivity contribution in [2.24, 2.45) is 0 Å². The molecule has 0 fully saturated rings. The van der Waals surface area contributed by atoms with Gasteiger partial charge in [0.15, 0.2) is 0 Å². The fourth-order valence-corrected chi connectivity index (χ4v) is 2.31. The highest BCUT2D eigenvalue weighted by Crippen LogP contribution is 2.34. The molecule has 1 aliphatic rings. The van der Waals surface area contributed by atoms with E-state index in [0.717, 1.165) is 0 Å². The quantitative estimate of drug-likeness (QED) is 0.471. The lowest BCUT2D eigenvalue weighted by Gasteiger charge is -2.17. The van der Waals surface area contributed by atoms with Crippen molar-refractivity contribution in [3.8, 4) is 0 Å². The summed E-state index contributed by atoms with van der Waals surface area (Å²) in [5.74, 6) is -0.0830. The zero-order valence-electron chi connectivity index (χ0n) is 11.3. The summed E-state index contributed by atoms with van der Waals surface area (Å²) in [6, 6.07) is 4.84. The number of nitro benzene ring substituents is 1. The molecule has 0 unspecified atom stereocenters. The smallest absolute Gasteiger partial charge is 0.274 e. The van der Waals surface area contributed by atoms with Crippen LogP contribution in [-0.4, -0.2) is 44.2 Å². The number of amides is 1. The van der Waals surface area contributed by atoms with E-state index >= 15 is 0 Å². The normalized spacial score (nSPS) is 13.3. The van der Waals surface area contributed by atoms with Crippen LogP contribution in [0, 0.1) is 10.1 Å². The molecule has 0 aromatic heterocycles. The lowest BCUT2D eigenvalue weighted by atomic mass is 10.1. The molecule has 0 aliphatic carbocycles. The first kappa shape index (κ1) is 14.4. The standard InChI is InChI=1S/C13H17N3O4/c1-20-8-6-14-9-13(17)15-7-5-10-11(15)3-2-4-12(10)16(18)19/h2-4,14H,5-9H2,1H3. The van der Waals surface area contributed by atoms with Gasteiger partial charge < -0.3 is 15.0 Å². The van der Waals surface area contributed by atoms with Crippen molar-refractivity contribution in [3.63, 3.8) is 0 Å². The van der Waals surface area contributed by atoms with Crippen molar-refractivity contribution in [2.75, 3.05) is 38.3 Å². The van der Waals surface area contributed by atoms with Crippen molar-refractivity contribution < 1.29 is 14.5 Å². The van der Waals surface area contributed by atoms with E-state index in [1.165, 1.54) is 6.07 Å². The molecule has 1 aliphatic heterocycles. The van der Waals surface area contributed by atoms with Crippen LogP contribution in [0.15, 0.2) is 18.2 Å². The number of benzene rings is 1. The van der Waals surface area contributed by atoms with E-state index in [-0.39, 0.29) is 18.1 Å². The second-order valence-corrected chi connectivity index (χ2v) is 4.50. The third-order valence-electron chi connectivity index (χ3n) is 3.26. The molecule has 2 rings (SSSR count). The van der Waals surface area contributed by atoms with Crippen molar-refractivity contribution in [1.29, 1.82) is 0 Å². The first-order valence-corrected chi connectivity index (χ1v) is 6.41. The van der Waals surface area contributed by atoms with Crippen molar-refractivity contribution in [2.45, 2.75) is 6.42 Å². The van der Waals surface area contributed by atoms with E-state index in [9.17, 15) is 14.9 Å². The number of nitro groups is 1. The SMILES string of the molecule is COCCNCC(=O)N1CCc2c1cccc2[N+](=O)[O-]. The number of nitrogens with zero attached hydrogens (tertiary/aromatic N) is 2. The number of ether oxygens (including phenoxy) is 1. The minimum Gasteiger partial charge on any atom is -0.383 e. The van der Waals surface area contributed by atoms with Gasteiger partial charge in [-0.05, 0) is 12.5 Å². The Labute approximate surface area is 116 Å². The molecule has 20 heavy (non-hydrogen) atoms. The predicted octanol–water partition coefficient (Wildman–Crippen LogP) is 0.720. The van der Waals surface area contributed by atoms with Gasteiger partial charge in [-0.15, -0.1) is 0 Å². The van der Waals surface area contributed by atoms with E-state index in [0.29, 0.717) is 37.4 Å². The number of rotatable bonds is 6. The van der Waals surface area contributed by atoms with Gasteiger partial charge in [-0.1, -0.05) is 6.07 Å². The van der Waals surface area contributed by atoms with Gasteiger partial charge in [-0.25, -0.2) is 0 Å². The summed E-state index contributed by atoms with van der Waals surface area (Å²) < 4.78 is 4.89. The lowest BCUT2D eigenvalue weighted by molar-refractivity contribution is -0.385. The Kier molecular flexibility index (Phi) is 4.65. The zero-order valence-corrected chi connectivity index (χ0v) is 11.3. The van der Waals surface area contributed by atoms with Crippen LogP contribution in [-0.2, 0) is 16.0 Å². The van der Waals surface area contributed by atoms with Gasteiger partial charge in [0.25, 0.3) is 5.69 Å². The molecule has 7 heteroatoms. The summed E-state index contributed by atoms with van der Waals surface area (Å²) in [6.07, 6.45) is 0.524. The van der Waals surface area contributed by atoms with E-state index in [2.05, 4.69) is 5.32 Å². The second kappa shape index (κ2) is 6.44. The molecular weight excluding hydrogens is 262 g/mol. The first-order chi connectivity index (χ1) is 9.65. The molecule has 1 aromatic rings. The highest BCUT2D eigenvalue weighted by molar-refractivity contribution is 5.97. The maximum absolute atomic E-state index is 12.1. The molecule has 108 valence electrons. The third-order valence-corrected chi connectivity index (χ3v) is 3.26. The van der Waals surface area contributed by atoms with E-state index in [1.807, 2.05) is 0 Å². The van der Waals surface area contributed by atoms with Crippen LogP contribution in [0.2, 0.25) is 0 Å². The van der Waals surface area contributed by atoms with Crippen LogP contribution >= 0.6 is 0 Å². The molecule has 1 aromatic carbocycles. The number of hydrogen-bond donors (Lipinski definition) is 1. The van der Waals surface area contributed by atoms with Crippen LogP contribution in [0.5, 0.6) is 0 Å². The van der Waals surface area contributed by atoms with E-state index < -0.39 is 4.92 Å². The van der Waals surface area contributed by atoms with Crippen LogP contribution in [0.25, 0.3) is 0 Å². The minimum atomic E-state index is -0.399. The summed E-state index contributed by atoms with van der Waals surface area (Å²) in [5.41, 5.74) is 1.38. The second-order valence-electron chi connectivity index (χ2n) is 4.50. The van der Waals surface area contributed by atoms with Crippen molar-refractivity contribution in [1.82, 2.24) is 5.32 Å². The van der Waals surface area contributed by atoms with Crippen LogP contribution in [0.4, 0.5) is 11.4 Å². The topological polar surface area (TPSA) is 84.7 Å². The van der Waals surface area contributed by atoms with Gasteiger partial charge in [0.2, 0.25) is 5.91 Å². The Morgan fingerprint density at radius 1 is 1.55 bits per heavy atom. The fourth-order valence-electron chi connectivity index (χ4n) is 2.31. The predicted molar refractivity (Wildman–Crippen MR) is 73.9 cm³/mol. The molecular formula is C13H17N3O4. The number of fused-ring (bicyclic) bond motifs is 1. The molecule has 0 radical (unpaired) electrons. The summed E-state index contributed by atoms with van der Waals surface area (Å²) in [4.78, 5) is 24.3. The fraction of sp³-hybridized carbons (Fsp3) is 0.462. The number of hydrogen-bond acceptors (Lipinski definition) is 5. The van der Waals surface area contributed by atoms with Crippen LogP contribution in [0.1, 0.15) is 5.56 Å². The average molecular weight is 279 g/mol. The molecule has 1 amide bonds. The molecule has 0 bridgehead atoms. The lowest BCUT2D eigenvalue weighted by Crippen LogP contribution is -2.38. The van der Waals surface area contributed by atoms with E-state index in [4.69, 9.17) is 4.74 Å². The highest BCUT2D eigenvalue weighted by atomic mass is 16.6. The van der Waals surface area contributed by atoms with Crippen molar-refractivity contribution in [3.05, 3.63) is 33.9 Å². The molecule has 0 spiro atoms. The number of carbonyl (C=O) groups excluding carboxylic acids is 1. The van der Waals surface area contributed by atoms with Gasteiger partial charge in [0.05, 0.1) is 29.3 Å². The zero-order chi connectivity index (χ0) is 14.5. The molecule has 1 heterocycles. The number of carbonyl (C=O) groups is 1. The Hall–Kier alpha value is -1.99. The largest absolute Gasteiger partial charge is 0.383 e. The maximum atomic E-state index is 12.1. The van der Waals surface area contributed by atoms with Gasteiger partial charge in [-0.3, -0.25) is 14.9 Å². The summed E-state index contributed by atoms with van der Waals surface area (Å²) in [7, 11) is 1.60. The number of anilines is 1. The minimum absolute atomic E-state index is 0.0830. The Bertz CT molecular complexity index is 518. The summed E-state index contributed by atoms with van der Waals surface area (Å²) in [6.45, 7) is 1.82. The number of methoxy groups -OCH3 is 1. The summed E-state index contributed by atoms with van der Waals surface area (Å²) >= 11 is 0. The highest BCUT2D eigenvalue weighted by Gasteiger charge is 2.29. The Morgan fingerprint density at radius 2 is 2.35 bits per heavy atom.